The number of fused-ring (bicyclic) bond motifs is 1. The molecule has 0 heterocycles. The van der Waals surface area contributed by atoms with Crippen molar-refractivity contribution >= 4 is 16.7 Å². The van der Waals surface area contributed by atoms with E-state index in [-0.39, 0.29) is 0 Å². The van der Waals surface area contributed by atoms with E-state index in [0.717, 1.165) is 24.3 Å². The number of hydrogen-bond acceptors (Lipinski definition) is 2. The van der Waals surface area contributed by atoms with Gasteiger partial charge >= 0.3 is 5.97 Å². The lowest BCUT2D eigenvalue weighted by molar-refractivity contribution is -0.131. The van der Waals surface area contributed by atoms with Crippen LogP contribution in [0.1, 0.15) is 31.7 Å². The second kappa shape index (κ2) is 10.9. The van der Waals surface area contributed by atoms with E-state index in [2.05, 4.69) is 66.0 Å². The molecular weight excluding hydrogens is 288 g/mol. The van der Waals surface area contributed by atoms with E-state index in [0.29, 0.717) is 0 Å². The van der Waals surface area contributed by atoms with Gasteiger partial charge in [0.25, 0.3) is 0 Å². The molecule has 0 amide bonds. The molecular formula is C20H22O3. The van der Waals surface area contributed by atoms with Gasteiger partial charge in [-0.15, -0.1) is 0 Å². The molecule has 2 aromatic rings. The number of methoxy groups -OCH3 is 1. The average molecular weight is 310 g/mol. The van der Waals surface area contributed by atoms with E-state index in [1.54, 1.807) is 0 Å². The highest BCUT2D eigenvalue weighted by molar-refractivity contribution is 5.83. The van der Waals surface area contributed by atoms with E-state index >= 15 is 0 Å². The summed E-state index contributed by atoms with van der Waals surface area (Å²) in [6.07, 6.45) is 5.43. The number of benzene rings is 2. The van der Waals surface area contributed by atoms with Gasteiger partial charge in [0.15, 0.2) is 0 Å². The Hall–Kier alpha value is -2.73. The fourth-order valence-corrected chi connectivity index (χ4v) is 1.82. The maximum absolute atomic E-state index is 9.59. The molecule has 0 aliphatic carbocycles. The summed E-state index contributed by atoms with van der Waals surface area (Å²) in [5, 5.41) is 10.4. The van der Waals surface area contributed by atoms with Gasteiger partial charge in [-0.25, -0.2) is 4.79 Å². The zero-order valence-corrected chi connectivity index (χ0v) is 13.6. The summed E-state index contributed by atoms with van der Waals surface area (Å²) in [4.78, 5) is 9.59. The van der Waals surface area contributed by atoms with E-state index in [9.17, 15) is 4.79 Å². The first kappa shape index (κ1) is 18.3. The number of ether oxygens (including phenoxy) is 1. The third-order valence-corrected chi connectivity index (χ3v) is 2.98. The van der Waals surface area contributed by atoms with Crippen molar-refractivity contribution in [3.63, 3.8) is 0 Å². The smallest absolute Gasteiger partial charge is 0.331 e. The highest BCUT2D eigenvalue weighted by atomic mass is 16.5. The molecule has 0 saturated heterocycles. The number of carboxylic acids is 1. The summed E-state index contributed by atoms with van der Waals surface area (Å²) >= 11 is 0. The van der Waals surface area contributed by atoms with Crippen LogP contribution in [0.5, 0.6) is 0 Å². The highest BCUT2D eigenvalue weighted by Crippen LogP contribution is 2.14. The van der Waals surface area contributed by atoms with Crippen LogP contribution in [0.2, 0.25) is 0 Å². The summed E-state index contributed by atoms with van der Waals surface area (Å²) in [6.45, 7) is 2.19. The summed E-state index contributed by atoms with van der Waals surface area (Å²) in [6, 6.07) is 14.8. The van der Waals surface area contributed by atoms with Crippen LogP contribution in [0.4, 0.5) is 0 Å². The van der Waals surface area contributed by atoms with Gasteiger partial charge in [-0.3, -0.25) is 0 Å². The molecule has 0 spiro atoms. The average Bonchev–Trinajstić information content (AvgIpc) is 2.57. The Balaban J connectivity index is 0.000000322. The van der Waals surface area contributed by atoms with Crippen LogP contribution in [-0.4, -0.2) is 18.2 Å². The van der Waals surface area contributed by atoms with Gasteiger partial charge in [-0.2, -0.15) is 0 Å². The van der Waals surface area contributed by atoms with Gasteiger partial charge < -0.3 is 9.84 Å². The molecule has 0 bridgehead atoms. The molecule has 0 aliphatic rings. The van der Waals surface area contributed by atoms with Crippen molar-refractivity contribution in [2.75, 3.05) is 7.11 Å². The van der Waals surface area contributed by atoms with Crippen molar-refractivity contribution in [3.05, 3.63) is 60.4 Å². The molecule has 0 saturated carbocycles. The van der Waals surface area contributed by atoms with Crippen molar-refractivity contribution in [2.24, 2.45) is 0 Å². The monoisotopic (exact) mass is 310 g/mol. The molecule has 23 heavy (non-hydrogen) atoms. The molecule has 0 unspecified atom stereocenters. The summed E-state index contributed by atoms with van der Waals surface area (Å²) < 4.78 is 4.29. The van der Waals surface area contributed by atoms with Gasteiger partial charge in [0.2, 0.25) is 0 Å². The largest absolute Gasteiger partial charge is 0.504 e. The third-order valence-electron chi connectivity index (χ3n) is 2.98. The number of aliphatic carboxylic acids is 1. The molecule has 0 fully saturated rings. The highest BCUT2D eigenvalue weighted by Gasteiger charge is 1.92. The third kappa shape index (κ3) is 7.73. The zero-order chi connectivity index (χ0) is 16.9. The standard InChI is InChI=1S/C16H16.C4H6O3/c1-2-3-4-5-8-14-11-12-15-9-6-7-10-16(15)13-14;1-7-3-2-4(5)6/h6-7,9-13H,2-4H2,1H3;2-3H,1H3,(H,5,6). The van der Waals surface area contributed by atoms with E-state index in [1.807, 2.05) is 0 Å². The Morgan fingerprint density at radius 3 is 2.57 bits per heavy atom. The second-order valence-electron chi connectivity index (χ2n) is 4.84. The van der Waals surface area contributed by atoms with Gasteiger partial charge in [0.1, 0.15) is 0 Å². The van der Waals surface area contributed by atoms with Crippen molar-refractivity contribution in [3.8, 4) is 11.8 Å². The Bertz CT molecular complexity index is 705. The quantitative estimate of drug-likeness (QED) is 0.388. The maximum Gasteiger partial charge on any atom is 0.331 e. The molecule has 120 valence electrons. The number of rotatable bonds is 4. The first-order chi connectivity index (χ1) is 11.2. The molecule has 2 rings (SSSR count). The molecule has 2 aromatic carbocycles. The van der Waals surface area contributed by atoms with Crippen LogP contribution in [0.15, 0.2) is 54.8 Å². The fraction of sp³-hybridized carbons (Fsp3) is 0.250. The number of carbonyl (C=O) groups is 1. The van der Waals surface area contributed by atoms with E-state index < -0.39 is 5.97 Å². The molecule has 0 radical (unpaired) electrons. The van der Waals surface area contributed by atoms with Crippen LogP contribution in [0.25, 0.3) is 10.8 Å². The Labute approximate surface area is 137 Å². The summed E-state index contributed by atoms with van der Waals surface area (Å²) in [7, 11) is 1.39. The molecule has 0 aromatic heterocycles. The number of carboxylic acid groups (broad SMARTS) is 1. The Morgan fingerprint density at radius 1 is 1.22 bits per heavy atom. The van der Waals surface area contributed by atoms with Crippen LogP contribution >= 0.6 is 0 Å². The van der Waals surface area contributed by atoms with E-state index in [4.69, 9.17) is 5.11 Å². The summed E-state index contributed by atoms with van der Waals surface area (Å²) in [5.41, 5.74) is 1.12. The van der Waals surface area contributed by atoms with Crippen LogP contribution in [-0.2, 0) is 9.53 Å². The summed E-state index contributed by atoms with van der Waals surface area (Å²) in [5.74, 6) is 5.44. The molecule has 0 atom stereocenters. The number of unbranched alkanes of at least 4 members (excludes halogenated alkanes) is 2. The van der Waals surface area contributed by atoms with Crippen molar-refractivity contribution < 1.29 is 14.6 Å². The Kier molecular flexibility index (Phi) is 8.70. The minimum Gasteiger partial charge on any atom is -0.504 e. The first-order valence-corrected chi connectivity index (χ1v) is 7.57. The SMILES string of the molecule is CCCCC#Cc1ccc2ccccc2c1.COC=CC(=O)O. The van der Waals surface area contributed by atoms with Crippen molar-refractivity contribution in [1.29, 1.82) is 0 Å². The molecule has 1 N–H and O–H groups in total. The minimum absolute atomic E-state index is 0.917. The van der Waals surface area contributed by atoms with Crippen molar-refractivity contribution in [1.82, 2.24) is 0 Å². The lowest BCUT2D eigenvalue weighted by atomic mass is 10.1. The molecule has 3 nitrogen and oxygen atoms in total. The maximum atomic E-state index is 9.59. The fourth-order valence-electron chi connectivity index (χ4n) is 1.82. The Morgan fingerprint density at radius 2 is 1.96 bits per heavy atom. The predicted octanol–water partition coefficient (Wildman–Crippen LogP) is 4.61. The predicted molar refractivity (Wildman–Crippen MR) is 94.1 cm³/mol. The normalized spacial score (nSPS) is 9.65. The van der Waals surface area contributed by atoms with Crippen LogP contribution < -0.4 is 0 Å². The van der Waals surface area contributed by atoms with Gasteiger partial charge in [0.05, 0.1) is 19.4 Å². The van der Waals surface area contributed by atoms with Gasteiger partial charge in [-0.1, -0.05) is 55.5 Å². The van der Waals surface area contributed by atoms with Gasteiger partial charge in [-0.05, 0) is 29.3 Å². The lowest BCUT2D eigenvalue weighted by Crippen LogP contribution is -1.85. The van der Waals surface area contributed by atoms with E-state index in [1.165, 1.54) is 30.7 Å². The lowest BCUT2D eigenvalue weighted by Gasteiger charge is -1.97. The minimum atomic E-state index is -0.998. The van der Waals surface area contributed by atoms with Crippen LogP contribution in [0.3, 0.4) is 0 Å². The first-order valence-electron chi connectivity index (χ1n) is 7.57. The van der Waals surface area contributed by atoms with Gasteiger partial charge in [0, 0.05) is 12.0 Å². The van der Waals surface area contributed by atoms with Crippen molar-refractivity contribution in [2.45, 2.75) is 26.2 Å². The number of hydrogen-bond donors (Lipinski definition) is 1. The molecule has 0 aliphatic heterocycles. The van der Waals surface area contributed by atoms with Crippen LogP contribution in [0, 0.1) is 11.8 Å². The topological polar surface area (TPSA) is 46.5 Å². The zero-order valence-electron chi connectivity index (χ0n) is 13.6. The molecule has 3 heteroatoms. The second-order valence-corrected chi connectivity index (χ2v) is 4.84.